The first-order chi connectivity index (χ1) is 5.33. The second-order valence-corrected chi connectivity index (χ2v) is 2.50. The molecule has 0 atom stereocenters. The topological polar surface area (TPSA) is 85.7 Å². The van der Waals surface area contributed by atoms with Gasteiger partial charge in [0.1, 0.15) is 0 Å². The summed E-state index contributed by atoms with van der Waals surface area (Å²) in [7, 11) is 0. The summed E-state index contributed by atoms with van der Waals surface area (Å²) in [4.78, 5) is 4.13. The third-order valence-electron chi connectivity index (χ3n) is 1.66. The zero-order valence-electron chi connectivity index (χ0n) is 6.42. The lowest BCUT2D eigenvalue weighted by Crippen LogP contribution is -2.38. The fourth-order valence-electron chi connectivity index (χ4n) is 1.05. The van der Waals surface area contributed by atoms with Gasteiger partial charge in [-0.05, 0) is 12.8 Å². The van der Waals surface area contributed by atoms with E-state index in [9.17, 15) is 0 Å². The van der Waals surface area contributed by atoms with Crippen LogP contribution in [0, 0.1) is 0 Å². The van der Waals surface area contributed by atoms with E-state index in [-0.39, 0.29) is 6.04 Å². The molecule has 1 heterocycles. The van der Waals surface area contributed by atoms with Gasteiger partial charge in [0.15, 0.2) is 0 Å². The van der Waals surface area contributed by atoms with Crippen molar-refractivity contribution in [1.82, 2.24) is 5.43 Å². The summed E-state index contributed by atoms with van der Waals surface area (Å²) >= 11 is 0. The van der Waals surface area contributed by atoms with Crippen molar-refractivity contribution in [3.63, 3.8) is 0 Å². The highest BCUT2D eigenvalue weighted by atomic mass is 16.5. The van der Waals surface area contributed by atoms with E-state index >= 15 is 0 Å². The van der Waals surface area contributed by atoms with Gasteiger partial charge in [-0.1, -0.05) is 0 Å². The Morgan fingerprint density at radius 2 is 2.09 bits per heavy atom. The van der Waals surface area contributed by atoms with E-state index < -0.39 is 0 Å². The Bertz CT molecular complexity index is 142. The van der Waals surface area contributed by atoms with Crippen LogP contribution in [0.15, 0.2) is 4.99 Å². The lowest BCUT2D eigenvalue weighted by Gasteiger charge is -2.18. The maximum Gasteiger partial charge on any atom is 0.203 e. The van der Waals surface area contributed by atoms with E-state index in [1.807, 2.05) is 0 Å². The predicted octanol–water partition coefficient (Wildman–Crippen LogP) is -1.06. The van der Waals surface area contributed by atoms with Crippen LogP contribution in [0.3, 0.4) is 0 Å². The third kappa shape index (κ3) is 2.73. The van der Waals surface area contributed by atoms with Gasteiger partial charge >= 0.3 is 0 Å². The van der Waals surface area contributed by atoms with Crippen molar-refractivity contribution < 1.29 is 4.74 Å². The molecule has 1 saturated heterocycles. The number of hydrogen-bond acceptors (Lipinski definition) is 3. The number of nitrogens with two attached hydrogens (primary N) is 2. The molecule has 1 rings (SSSR count). The molecule has 1 aliphatic rings. The van der Waals surface area contributed by atoms with Gasteiger partial charge in [-0.2, -0.15) is 0 Å². The number of nitrogens with zero attached hydrogens (tertiary/aromatic N) is 1. The molecule has 0 bridgehead atoms. The molecule has 0 aromatic heterocycles. The number of rotatable bonds is 1. The Morgan fingerprint density at radius 1 is 1.45 bits per heavy atom. The monoisotopic (exact) mass is 158 g/mol. The zero-order chi connectivity index (χ0) is 8.10. The van der Waals surface area contributed by atoms with Crippen LogP contribution in [0.2, 0.25) is 0 Å². The molecule has 1 fully saturated rings. The number of ether oxygens (including phenoxy) is 1. The first-order valence-electron chi connectivity index (χ1n) is 3.70. The minimum absolute atomic E-state index is 0.278. The van der Waals surface area contributed by atoms with Gasteiger partial charge in [-0.25, -0.2) is 10.8 Å². The fraction of sp³-hybridized carbons (Fsp3) is 0.833. The Morgan fingerprint density at radius 3 is 2.64 bits per heavy atom. The number of aliphatic imine (C=N–C) groups is 1. The average Bonchev–Trinajstić information content (AvgIpc) is 2.06. The summed E-state index contributed by atoms with van der Waals surface area (Å²) in [6.45, 7) is 1.54. The van der Waals surface area contributed by atoms with Crippen LogP contribution < -0.4 is 17.0 Å². The molecule has 0 aliphatic carbocycles. The highest BCUT2D eigenvalue weighted by Crippen LogP contribution is 2.09. The first-order valence-corrected chi connectivity index (χ1v) is 3.70. The Hall–Kier alpha value is -0.810. The summed E-state index contributed by atoms with van der Waals surface area (Å²) in [5.41, 5.74) is 7.68. The molecule has 0 amide bonds. The molecule has 0 aromatic carbocycles. The lowest BCUT2D eigenvalue weighted by atomic mass is 10.1. The van der Waals surface area contributed by atoms with Gasteiger partial charge in [0.05, 0.1) is 6.04 Å². The van der Waals surface area contributed by atoms with Gasteiger partial charge in [0.2, 0.25) is 5.96 Å². The van der Waals surface area contributed by atoms with Crippen molar-refractivity contribution in [3.8, 4) is 0 Å². The molecule has 64 valence electrons. The molecule has 0 radical (unpaired) electrons. The second-order valence-electron chi connectivity index (χ2n) is 2.50. The normalized spacial score (nSPS) is 21.7. The van der Waals surface area contributed by atoms with Crippen LogP contribution in [-0.2, 0) is 4.74 Å². The standard InChI is InChI=1S/C6H14N4O/c7-6(10-8)9-5-1-3-11-4-2-5/h5H,1-4,8H2,(H3,7,9,10). The predicted molar refractivity (Wildman–Crippen MR) is 42.8 cm³/mol. The SMILES string of the molecule is NNC(N)=NC1CCOCC1. The van der Waals surface area contributed by atoms with Crippen molar-refractivity contribution in [2.75, 3.05) is 13.2 Å². The number of hydrogen-bond donors (Lipinski definition) is 3. The minimum Gasteiger partial charge on any atom is -0.381 e. The molecule has 0 spiro atoms. The van der Waals surface area contributed by atoms with Gasteiger partial charge in [-0.3, -0.25) is 5.43 Å². The lowest BCUT2D eigenvalue weighted by molar-refractivity contribution is 0.0870. The molecular formula is C6H14N4O. The minimum atomic E-state index is 0.278. The van der Waals surface area contributed by atoms with Crippen LogP contribution in [0.5, 0.6) is 0 Å². The van der Waals surface area contributed by atoms with E-state index in [2.05, 4.69) is 10.4 Å². The van der Waals surface area contributed by atoms with Gasteiger partial charge in [0, 0.05) is 13.2 Å². The molecule has 0 unspecified atom stereocenters. The first kappa shape index (κ1) is 8.29. The quantitative estimate of drug-likeness (QED) is 0.196. The average molecular weight is 158 g/mol. The van der Waals surface area contributed by atoms with Crippen LogP contribution in [0.1, 0.15) is 12.8 Å². The van der Waals surface area contributed by atoms with Crippen LogP contribution in [0.25, 0.3) is 0 Å². The van der Waals surface area contributed by atoms with Gasteiger partial charge < -0.3 is 10.5 Å². The second kappa shape index (κ2) is 4.15. The number of hydrazine groups is 1. The van der Waals surface area contributed by atoms with Crippen molar-refractivity contribution in [3.05, 3.63) is 0 Å². The van der Waals surface area contributed by atoms with Crippen LogP contribution in [0.4, 0.5) is 0 Å². The molecule has 0 aromatic rings. The zero-order valence-corrected chi connectivity index (χ0v) is 6.42. The molecule has 0 saturated carbocycles. The molecule has 5 N–H and O–H groups in total. The Kier molecular flexibility index (Phi) is 3.13. The summed E-state index contributed by atoms with van der Waals surface area (Å²) in [6.07, 6.45) is 1.87. The summed E-state index contributed by atoms with van der Waals surface area (Å²) in [5, 5.41) is 0. The summed E-state index contributed by atoms with van der Waals surface area (Å²) < 4.78 is 5.15. The van der Waals surface area contributed by atoms with E-state index in [1.165, 1.54) is 0 Å². The van der Waals surface area contributed by atoms with Gasteiger partial charge in [0.25, 0.3) is 0 Å². The van der Waals surface area contributed by atoms with Crippen molar-refractivity contribution in [1.29, 1.82) is 0 Å². The molecule has 1 aliphatic heterocycles. The Labute approximate surface area is 65.8 Å². The number of nitrogens with one attached hydrogen (secondary N) is 1. The Balaban J connectivity index is 2.34. The maximum atomic E-state index is 5.38. The molecule has 11 heavy (non-hydrogen) atoms. The van der Waals surface area contributed by atoms with Crippen molar-refractivity contribution in [2.45, 2.75) is 18.9 Å². The largest absolute Gasteiger partial charge is 0.381 e. The van der Waals surface area contributed by atoms with E-state index in [1.54, 1.807) is 0 Å². The molecular weight excluding hydrogens is 144 g/mol. The van der Waals surface area contributed by atoms with Gasteiger partial charge in [-0.15, -0.1) is 0 Å². The van der Waals surface area contributed by atoms with Crippen molar-refractivity contribution >= 4 is 5.96 Å². The molecule has 5 nitrogen and oxygen atoms in total. The summed E-state index contributed by atoms with van der Waals surface area (Å²) in [5.74, 6) is 5.35. The maximum absolute atomic E-state index is 5.38. The van der Waals surface area contributed by atoms with Crippen LogP contribution in [-0.4, -0.2) is 25.2 Å². The van der Waals surface area contributed by atoms with Crippen LogP contribution >= 0.6 is 0 Å². The smallest absolute Gasteiger partial charge is 0.203 e. The van der Waals surface area contributed by atoms with Crippen molar-refractivity contribution in [2.24, 2.45) is 16.6 Å². The highest BCUT2D eigenvalue weighted by Gasteiger charge is 2.12. The van der Waals surface area contributed by atoms with E-state index in [0.29, 0.717) is 5.96 Å². The third-order valence-corrected chi connectivity index (χ3v) is 1.66. The fourth-order valence-corrected chi connectivity index (χ4v) is 1.05. The highest BCUT2D eigenvalue weighted by molar-refractivity contribution is 5.77. The van der Waals surface area contributed by atoms with E-state index in [0.717, 1.165) is 26.1 Å². The molecule has 5 heteroatoms. The number of guanidine groups is 1. The van der Waals surface area contributed by atoms with E-state index in [4.69, 9.17) is 16.3 Å². The summed E-state index contributed by atoms with van der Waals surface area (Å²) in [6, 6.07) is 0.278.